The van der Waals surface area contributed by atoms with Gasteiger partial charge in [0.15, 0.2) is 6.29 Å². The van der Waals surface area contributed by atoms with Crippen molar-refractivity contribution in [1.82, 2.24) is 0 Å². The highest BCUT2D eigenvalue weighted by Crippen LogP contribution is 2.44. The van der Waals surface area contributed by atoms with Gasteiger partial charge in [-0.3, -0.25) is 0 Å². The summed E-state index contributed by atoms with van der Waals surface area (Å²) in [5.41, 5.74) is 0. The summed E-state index contributed by atoms with van der Waals surface area (Å²) in [6, 6.07) is 0. The summed E-state index contributed by atoms with van der Waals surface area (Å²) in [6.45, 7) is 0. The van der Waals surface area contributed by atoms with E-state index in [2.05, 4.69) is 12.2 Å². The molecule has 0 radical (unpaired) electrons. The van der Waals surface area contributed by atoms with Gasteiger partial charge in [0.1, 0.15) is 0 Å². The van der Waals surface area contributed by atoms with E-state index in [0.717, 1.165) is 12.3 Å². The van der Waals surface area contributed by atoms with Crippen LogP contribution in [0.25, 0.3) is 0 Å². The van der Waals surface area contributed by atoms with Crippen LogP contribution in [0.15, 0.2) is 12.2 Å². The molecule has 2 rings (SSSR count). The maximum absolute atomic E-state index is 9.42. The first-order valence-electron chi connectivity index (χ1n) is 4.20. The van der Waals surface area contributed by atoms with Gasteiger partial charge in [0, 0.05) is 13.0 Å². The van der Waals surface area contributed by atoms with Crippen LogP contribution in [0.5, 0.6) is 0 Å². The number of rotatable bonds is 2. The zero-order valence-electron chi connectivity index (χ0n) is 6.73. The van der Waals surface area contributed by atoms with Crippen LogP contribution in [0, 0.1) is 17.8 Å². The van der Waals surface area contributed by atoms with Crippen molar-refractivity contribution in [3.8, 4) is 0 Å². The number of hydrogen-bond acceptors (Lipinski definition) is 2. The normalized spacial score (nSPS) is 43.3. The van der Waals surface area contributed by atoms with Crippen LogP contribution < -0.4 is 0 Å². The fourth-order valence-electron chi connectivity index (χ4n) is 2.33. The van der Waals surface area contributed by atoms with Crippen molar-refractivity contribution in [1.29, 1.82) is 0 Å². The molecule has 4 atom stereocenters. The number of ether oxygens (including phenoxy) is 1. The zero-order valence-corrected chi connectivity index (χ0v) is 6.73. The number of aliphatic hydroxyl groups is 1. The van der Waals surface area contributed by atoms with Gasteiger partial charge in [-0.1, -0.05) is 12.2 Å². The number of allylic oxidation sites excluding steroid dienone is 2. The van der Waals surface area contributed by atoms with Gasteiger partial charge in [0.05, 0.1) is 0 Å². The molecule has 1 saturated carbocycles. The summed E-state index contributed by atoms with van der Waals surface area (Å²) < 4.78 is 4.91. The molecule has 2 nitrogen and oxygen atoms in total. The van der Waals surface area contributed by atoms with E-state index >= 15 is 0 Å². The number of aliphatic hydroxyl groups excluding tert-OH is 1. The Bertz CT molecular complexity index is 176. The molecule has 11 heavy (non-hydrogen) atoms. The average Bonchev–Trinajstić information content (AvgIpc) is 2.62. The zero-order chi connectivity index (χ0) is 7.84. The van der Waals surface area contributed by atoms with Crippen LogP contribution in [0.3, 0.4) is 0 Å². The molecule has 62 valence electrons. The Morgan fingerprint density at radius 2 is 2.27 bits per heavy atom. The van der Waals surface area contributed by atoms with Crippen molar-refractivity contribution >= 4 is 0 Å². The van der Waals surface area contributed by atoms with Crippen LogP contribution in [-0.4, -0.2) is 18.5 Å². The third-order valence-electron chi connectivity index (χ3n) is 2.94. The van der Waals surface area contributed by atoms with E-state index in [0.29, 0.717) is 11.8 Å². The Labute approximate surface area is 66.9 Å². The summed E-state index contributed by atoms with van der Waals surface area (Å²) in [4.78, 5) is 0. The van der Waals surface area contributed by atoms with E-state index in [1.807, 2.05) is 0 Å². The Hall–Kier alpha value is -0.340. The molecular formula is C9H14O2. The fourth-order valence-corrected chi connectivity index (χ4v) is 2.33. The Kier molecular flexibility index (Phi) is 1.74. The van der Waals surface area contributed by atoms with Gasteiger partial charge in [-0.15, -0.1) is 0 Å². The first-order chi connectivity index (χ1) is 5.31. The molecule has 2 aliphatic carbocycles. The SMILES string of the molecule is COC(O)C1C[C@@H]2C=C[C@H]1C2. The smallest absolute Gasteiger partial charge is 0.157 e. The van der Waals surface area contributed by atoms with Crippen molar-refractivity contribution in [2.75, 3.05) is 7.11 Å². The first kappa shape index (κ1) is 7.32. The van der Waals surface area contributed by atoms with Crippen LogP contribution in [0.2, 0.25) is 0 Å². The molecule has 0 amide bonds. The second kappa shape index (κ2) is 2.61. The standard InChI is InChI=1S/C9H14O2/c1-11-9(10)8-5-6-2-3-7(8)4-6/h2-3,6-10H,4-5H2,1H3/t6-,7+,8?,9?/m1/s1. The second-order valence-electron chi connectivity index (χ2n) is 3.57. The first-order valence-corrected chi connectivity index (χ1v) is 4.20. The molecule has 0 aromatic heterocycles. The van der Waals surface area contributed by atoms with Gasteiger partial charge in [0.2, 0.25) is 0 Å². The van der Waals surface area contributed by atoms with E-state index in [-0.39, 0.29) is 0 Å². The maximum atomic E-state index is 9.42. The van der Waals surface area contributed by atoms with E-state index < -0.39 is 6.29 Å². The lowest BCUT2D eigenvalue weighted by Crippen LogP contribution is -2.25. The van der Waals surface area contributed by atoms with Crippen molar-refractivity contribution in [2.24, 2.45) is 17.8 Å². The predicted octanol–water partition coefficient (Wildman–Crippen LogP) is 1.16. The van der Waals surface area contributed by atoms with Crippen LogP contribution in [0.1, 0.15) is 12.8 Å². The molecule has 1 N–H and O–H groups in total. The van der Waals surface area contributed by atoms with Crippen molar-refractivity contribution < 1.29 is 9.84 Å². The fraction of sp³-hybridized carbons (Fsp3) is 0.778. The van der Waals surface area contributed by atoms with Crippen LogP contribution in [-0.2, 0) is 4.74 Å². The van der Waals surface area contributed by atoms with E-state index in [9.17, 15) is 5.11 Å². The topological polar surface area (TPSA) is 29.5 Å². The minimum absolute atomic E-state index is 0.356. The van der Waals surface area contributed by atoms with Gasteiger partial charge >= 0.3 is 0 Å². The molecular weight excluding hydrogens is 140 g/mol. The Morgan fingerprint density at radius 3 is 2.73 bits per heavy atom. The van der Waals surface area contributed by atoms with Crippen molar-refractivity contribution in [3.63, 3.8) is 0 Å². The number of methoxy groups -OCH3 is 1. The molecule has 2 aliphatic rings. The summed E-state index contributed by atoms with van der Waals surface area (Å²) in [6.07, 6.45) is 6.28. The van der Waals surface area contributed by atoms with Crippen LogP contribution in [0.4, 0.5) is 0 Å². The van der Waals surface area contributed by atoms with E-state index in [1.165, 1.54) is 6.42 Å². The minimum Gasteiger partial charge on any atom is -0.368 e. The summed E-state index contributed by atoms with van der Waals surface area (Å²) >= 11 is 0. The van der Waals surface area contributed by atoms with Crippen molar-refractivity contribution in [2.45, 2.75) is 19.1 Å². The lowest BCUT2D eigenvalue weighted by Gasteiger charge is -2.22. The molecule has 0 saturated heterocycles. The third kappa shape index (κ3) is 1.10. The Balaban J connectivity index is 2.02. The highest BCUT2D eigenvalue weighted by atomic mass is 16.6. The van der Waals surface area contributed by atoms with Crippen LogP contribution >= 0.6 is 0 Å². The maximum Gasteiger partial charge on any atom is 0.157 e. The quantitative estimate of drug-likeness (QED) is 0.478. The molecule has 2 heteroatoms. The molecule has 0 heterocycles. The van der Waals surface area contributed by atoms with Gasteiger partial charge in [-0.05, 0) is 24.7 Å². The molecule has 0 aromatic carbocycles. The molecule has 0 spiro atoms. The number of fused-ring (bicyclic) bond motifs is 2. The van der Waals surface area contributed by atoms with Gasteiger partial charge in [-0.2, -0.15) is 0 Å². The summed E-state index contributed by atoms with van der Waals surface area (Å²) in [5.74, 6) is 1.65. The van der Waals surface area contributed by atoms with E-state index in [4.69, 9.17) is 4.74 Å². The van der Waals surface area contributed by atoms with Gasteiger partial charge in [0.25, 0.3) is 0 Å². The average molecular weight is 154 g/mol. The lowest BCUT2D eigenvalue weighted by molar-refractivity contribution is -0.118. The highest BCUT2D eigenvalue weighted by molar-refractivity contribution is 5.10. The van der Waals surface area contributed by atoms with Crippen molar-refractivity contribution in [3.05, 3.63) is 12.2 Å². The molecule has 0 aliphatic heterocycles. The lowest BCUT2D eigenvalue weighted by atomic mass is 9.93. The molecule has 2 unspecified atom stereocenters. The van der Waals surface area contributed by atoms with Gasteiger partial charge < -0.3 is 9.84 Å². The molecule has 0 aromatic rings. The largest absolute Gasteiger partial charge is 0.368 e. The number of hydrogen-bond donors (Lipinski definition) is 1. The third-order valence-corrected chi connectivity index (χ3v) is 2.94. The minimum atomic E-state index is -0.546. The molecule has 2 bridgehead atoms. The highest BCUT2D eigenvalue weighted by Gasteiger charge is 2.39. The predicted molar refractivity (Wildman–Crippen MR) is 41.9 cm³/mol. The summed E-state index contributed by atoms with van der Waals surface area (Å²) in [5, 5.41) is 9.42. The summed E-state index contributed by atoms with van der Waals surface area (Å²) in [7, 11) is 1.57. The van der Waals surface area contributed by atoms with Gasteiger partial charge in [-0.25, -0.2) is 0 Å². The molecule has 1 fully saturated rings. The monoisotopic (exact) mass is 154 g/mol. The second-order valence-corrected chi connectivity index (χ2v) is 3.57. The van der Waals surface area contributed by atoms with E-state index in [1.54, 1.807) is 7.11 Å². The Morgan fingerprint density at radius 1 is 1.45 bits per heavy atom.